The molecule has 0 bridgehead atoms. The molecule has 1 heterocycles. The van der Waals surface area contributed by atoms with Gasteiger partial charge in [-0.1, -0.05) is 62.6 Å². The van der Waals surface area contributed by atoms with Crippen molar-refractivity contribution in [3.8, 4) is 0 Å². The maximum absolute atomic E-state index is 13.2. The third kappa shape index (κ3) is 14.2. The Morgan fingerprint density at radius 1 is 0.841 bits per heavy atom. The first kappa shape index (κ1) is 39.7. The van der Waals surface area contributed by atoms with Crippen LogP contribution < -0.4 is 16.0 Å². The summed E-state index contributed by atoms with van der Waals surface area (Å²) in [6.45, 7) is 15.2. The van der Waals surface area contributed by atoms with Crippen molar-refractivity contribution in [1.29, 1.82) is 0 Å². The Morgan fingerprint density at radius 2 is 1.36 bits per heavy atom. The lowest BCUT2D eigenvalue weighted by Gasteiger charge is -2.27. The molecule has 1 aliphatic rings. The van der Waals surface area contributed by atoms with Gasteiger partial charge in [0.2, 0.25) is 25.0 Å². The van der Waals surface area contributed by atoms with Crippen molar-refractivity contribution >= 4 is 42.8 Å². The summed E-state index contributed by atoms with van der Waals surface area (Å²) < 4.78 is 18.5. The van der Waals surface area contributed by atoms with Gasteiger partial charge in [-0.15, -0.1) is 0 Å². The maximum Gasteiger partial charge on any atom is 0.326 e. The van der Waals surface area contributed by atoms with Gasteiger partial charge in [-0.25, -0.2) is 4.79 Å². The van der Waals surface area contributed by atoms with Gasteiger partial charge >= 0.3 is 5.97 Å². The molecule has 0 radical (unpaired) electrons. The largest absolute Gasteiger partial charge is 0.480 e. The first-order chi connectivity index (χ1) is 20.5. The highest BCUT2D eigenvalue weighted by molar-refractivity contribution is 7.98. The normalized spacial score (nSPS) is 20.5. The zero-order chi connectivity index (χ0) is 33.6. The predicted octanol–water partition coefficient (Wildman–Crippen LogP) is 5.64. The van der Waals surface area contributed by atoms with E-state index in [0.717, 1.165) is 31.3 Å². The molecule has 0 aromatic rings. The number of amides is 3. The molecule has 0 aromatic heterocycles. The smallest absolute Gasteiger partial charge is 0.326 e. The lowest BCUT2D eigenvalue weighted by molar-refractivity contribution is -0.142. The zero-order valence-electron chi connectivity index (χ0n) is 27.9. The van der Waals surface area contributed by atoms with Gasteiger partial charge < -0.3 is 25.6 Å². The summed E-state index contributed by atoms with van der Waals surface area (Å²) in [5, 5.41) is 17.3. The minimum absolute atomic E-state index is 0.148. The summed E-state index contributed by atoms with van der Waals surface area (Å²) in [5.41, 5.74) is 3.72. The first-order valence-electron chi connectivity index (χ1n) is 15.4. The van der Waals surface area contributed by atoms with E-state index >= 15 is 0 Å². The second kappa shape index (κ2) is 19.2. The van der Waals surface area contributed by atoms with Gasteiger partial charge in [0.05, 0.1) is 0 Å². The number of carbonyl (C=O) groups is 4. The first-order valence-corrected chi connectivity index (χ1v) is 18.6. The Hall–Kier alpha value is -2.36. The SMILES string of the molecule is CSCC[C@H](NC(=O)[C@@H](NC(=O)[C@@H](NC(=O)C1OP1(=O)CC=C(C)CCC=C(C)CCC=C(C)C)C(C)C)C(C)C)C(=O)O. The molecular formula is C32H54N3O7PS. The number of carboxylic acids is 1. The summed E-state index contributed by atoms with van der Waals surface area (Å²) in [6.07, 6.45) is 12.3. The van der Waals surface area contributed by atoms with Crippen molar-refractivity contribution in [2.24, 2.45) is 11.8 Å². The highest BCUT2D eigenvalue weighted by Crippen LogP contribution is 2.69. The van der Waals surface area contributed by atoms with Gasteiger partial charge in [-0.05, 0) is 83.6 Å². The summed E-state index contributed by atoms with van der Waals surface area (Å²) in [4.78, 5) is 50.8. The second-order valence-corrected chi connectivity index (χ2v) is 16.0. The van der Waals surface area contributed by atoms with Crippen LogP contribution in [0.15, 0.2) is 34.9 Å². The number of hydrogen-bond donors (Lipinski definition) is 4. The van der Waals surface area contributed by atoms with Crippen LogP contribution in [-0.2, 0) is 28.3 Å². The maximum atomic E-state index is 13.2. The van der Waals surface area contributed by atoms with Crippen LogP contribution in [0.5, 0.6) is 0 Å². The van der Waals surface area contributed by atoms with Gasteiger partial charge in [0, 0.05) is 6.16 Å². The Labute approximate surface area is 268 Å². The molecule has 10 nitrogen and oxygen atoms in total. The fourth-order valence-corrected chi connectivity index (χ4v) is 6.86. The van der Waals surface area contributed by atoms with E-state index in [2.05, 4.69) is 48.9 Å². The lowest BCUT2D eigenvalue weighted by atomic mass is 9.99. The Bertz CT molecular complexity index is 1140. The highest BCUT2D eigenvalue weighted by atomic mass is 32.2. The number of hydrogen-bond acceptors (Lipinski definition) is 7. The van der Waals surface area contributed by atoms with E-state index in [9.17, 15) is 28.8 Å². The lowest BCUT2D eigenvalue weighted by Crippen LogP contribution is -2.58. The number of rotatable bonds is 20. The minimum Gasteiger partial charge on any atom is -0.480 e. The molecule has 5 atom stereocenters. The molecule has 3 amide bonds. The van der Waals surface area contributed by atoms with Crippen LogP contribution in [0.4, 0.5) is 0 Å². The van der Waals surface area contributed by atoms with Crippen molar-refractivity contribution in [2.45, 2.75) is 111 Å². The quantitative estimate of drug-likeness (QED) is 0.0746. The van der Waals surface area contributed by atoms with Crippen LogP contribution in [0, 0.1) is 11.8 Å². The molecule has 0 spiro atoms. The van der Waals surface area contributed by atoms with E-state index in [4.69, 9.17) is 4.52 Å². The molecule has 44 heavy (non-hydrogen) atoms. The Morgan fingerprint density at radius 3 is 1.89 bits per heavy atom. The number of carbonyl (C=O) groups excluding carboxylic acids is 3. The van der Waals surface area contributed by atoms with Crippen LogP contribution in [0.2, 0.25) is 0 Å². The average molecular weight is 656 g/mol. The topological polar surface area (TPSA) is 154 Å². The monoisotopic (exact) mass is 655 g/mol. The number of carboxylic acid groups (broad SMARTS) is 1. The molecular weight excluding hydrogens is 601 g/mol. The predicted molar refractivity (Wildman–Crippen MR) is 179 cm³/mol. The van der Waals surface area contributed by atoms with E-state index in [1.807, 2.05) is 19.3 Å². The van der Waals surface area contributed by atoms with Crippen LogP contribution in [-0.4, -0.2) is 70.9 Å². The number of nitrogens with one attached hydrogen (secondary N) is 3. The molecule has 1 saturated heterocycles. The van der Waals surface area contributed by atoms with Gasteiger partial charge in [0.1, 0.15) is 18.1 Å². The zero-order valence-corrected chi connectivity index (χ0v) is 29.6. The summed E-state index contributed by atoms with van der Waals surface area (Å²) in [7, 11) is -3.19. The van der Waals surface area contributed by atoms with Crippen LogP contribution in [0.1, 0.15) is 87.5 Å². The van der Waals surface area contributed by atoms with E-state index in [0.29, 0.717) is 5.75 Å². The van der Waals surface area contributed by atoms with Gasteiger partial charge in [-0.3, -0.25) is 18.9 Å². The third-order valence-corrected chi connectivity index (χ3v) is 10.1. The standard InChI is InChI=1S/C32H54N3O7PS/c1-20(2)12-10-13-23(7)14-11-15-24(8)16-18-43(41)32(42-43)30(38)35-27(22(5)6)29(37)34-26(21(3)4)28(36)33-25(31(39)40)17-19-44-9/h12,14,16,21-22,25-27,32H,10-11,13,15,17-19H2,1-9H3,(H,33,36)(H,34,37)(H,35,38)(H,39,40)/t25-,26-,27-,32?,43?/m0/s1. The van der Waals surface area contributed by atoms with E-state index in [1.165, 1.54) is 22.9 Å². The van der Waals surface area contributed by atoms with Gasteiger partial charge in [0.25, 0.3) is 5.91 Å². The van der Waals surface area contributed by atoms with Crippen LogP contribution in [0.25, 0.3) is 0 Å². The van der Waals surface area contributed by atoms with Crippen molar-refractivity contribution in [2.75, 3.05) is 18.2 Å². The van der Waals surface area contributed by atoms with E-state index in [-0.39, 0.29) is 24.4 Å². The Balaban J connectivity index is 2.75. The molecule has 2 unspecified atom stereocenters. The molecule has 1 rings (SSSR count). The van der Waals surface area contributed by atoms with E-state index in [1.54, 1.807) is 27.7 Å². The summed E-state index contributed by atoms with van der Waals surface area (Å²) in [6, 6.07) is -3.10. The summed E-state index contributed by atoms with van der Waals surface area (Å²) >= 11 is 1.47. The Kier molecular flexibility index (Phi) is 17.3. The number of thioether (sulfide) groups is 1. The van der Waals surface area contributed by atoms with E-state index < -0.39 is 55.0 Å². The molecule has 250 valence electrons. The van der Waals surface area contributed by atoms with Gasteiger partial charge in [0.15, 0.2) is 0 Å². The molecule has 4 N–H and O–H groups in total. The van der Waals surface area contributed by atoms with Crippen molar-refractivity contribution < 1.29 is 33.4 Å². The summed E-state index contributed by atoms with van der Waals surface area (Å²) in [5.74, 6) is -4.23. The number of aliphatic carboxylic acids is 1. The molecule has 0 saturated carbocycles. The highest BCUT2D eigenvalue weighted by Gasteiger charge is 2.57. The molecule has 1 fully saturated rings. The second-order valence-electron chi connectivity index (χ2n) is 12.5. The minimum atomic E-state index is -3.19. The number of allylic oxidation sites excluding steroid dienone is 6. The third-order valence-electron chi connectivity index (χ3n) is 7.35. The van der Waals surface area contributed by atoms with Crippen LogP contribution in [0.3, 0.4) is 0 Å². The van der Waals surface area contributed by atoms with Crippen LogP contribution >= 0.6 is 19.1 Å². The van der Waals surface area contributed by atoms with Crippen molar-refractivity contribution in [3.05, 3.63) is 34.9 Å². The molecule has 12 heteroatoms. The molecule has 0 aliphatic carbocycles. The molecule has 1 aliphatic heterocycles. The fourth-order valence-electron chi connectivity index (χ4n) is 4.42. The van der Waals surface area contributed by atoms with Gasteiger partial charge in [-0.2, -0.15) is 11.8 Å². The molecule has 0 aromatic carbocycles. The van der Waals surface area contributed by atoms with Crippen molar-refractivity contribution in [1.82, 2.24) is 16.0 Å². The van der Waals surface area contributed by atoms with Crippen molar-refractivity contribution in [3.63, 3.8) is 0 Å². The average Bonchev–Trinajstić information content (AvgIpc) is 3.61. The fraction of sp³-hybridized carbons (Fsp3) is 0.688.